The minimum absolute atomic E-state index is 0.311. The highest BCUT2D eigenvalue weighted by molar-refractivity contribution is 5.78. The number of likely N-dealkylation sites (N-methyl/N-ethyl adjacent to an activating group) is 1. The Kier molecular flexibility index (Phi) is 5.64. The summed E-state index contributed by atoms with van der Waals surface area (Å²) in [5, 5.41) is 3.54. The van der Waals surface area contributed by atoms with Crippen molar-refractivity contribution < 1.29 is 4.79 Å². The molecule has 4 heteroatoms. The second kappa shape index (κ2) is 7.25. The first kappa shape index (κ1) is 14.8. The van der Waals surface area contributed by atoms with E-state index in [2.05, 4.69) is 29.1 Å². The zero-order valence-electron chi connectivity index (χ0n) is 12.5. The lowest BCUT2D eigenvalue weighted by Gasteiger charge is -2.35. The largest absolute Gasteiger partial charge is 0.339 e. The van der Waals surface area contributed by atoms with E-state index >= 15 is 0 Å². The van der Waals surface area contributed by atoms with E-state index < -0.39 is 0 Å². The van der Waals surface area contributed by atoms with Crippen LogP contribution in [-0.2, 0) is 4.79 Å². The molecule has 0 aromatic heterocycles. The van der Waals surface area contributed by atoms with Gasteiger partial charge in [-0.1, -0.05) is 6.42 Å². The van der Waals surface area contributed by atoms with E-state index in [1.807, 2.05) is 0 Å². The first-order chi connectivity index (χ1) is 9.16. The van der Waals surface area contributed by atoms with E-state index in [-0.39, 0.29) is 0 Å². The van der Waals surface area contributed by atoms with Crippen LogP contribution >= 0.6 is 0 Å². The van der Waals surface area contributed by atoms with Crippen molar-refractivity contribution in [2.24, 2.45) is 0 Å². The summed E-state index contributed by atoms with van der Waals surface area (Å²) in [6.45, 7) is 5.83. The maximum absolute atomic E-state index is 12.3. The molecule has 110 valence electrons. The van der Waals surface area contributed by atoms with Crippen molar-refractivity contribution in [2.45, 2.75) is 57.5 Å². The maximum atomic E-state index is 12.3. The summed E-state index contributed by atoms with van der Waals surface area (Å²) in [6.07, 6.45) is 7.47. The molecule has 2 aliphatic rings. The van der Waals surface area contributed by atoms with Gasteiger partial charge in [-0.15, -0.1) is 0 Å². The van der Waals surface area contributed by atoms with Crippen molar-refractivity contribution in [3.05, 3.63) is 0 Å². The smallest absolute Gasteiger partial charge is 0.236 e. The molecular formula is C15H29N3O. The highest BCUT2D eigenvalue weighted by Gasteiger charge is 2.24. The molecule has 4 nitrogen and oxygen atoms in total. The molecular weight excluding hydrogens is 238 g/mol. The van der Waals surface area contributed by atoms with Crippen LogP contribution in [0.4, 0.5) is 0 Å². The van der Waals surface area contributed by atoms with Gasteiger partial charge in [0, 0.05) is 25.2 Å². The molecule has 2 atom stereocenters. The molecule has 1 N–H and O–H groups in total. The summed E-state index contributed by atoms with van der Waals surface area (Å²) >= 11 is 0. The lowest BCUT2D eigenvalue weighted by molar-refractivity contribution is -0.135. The minimum Gasteiger partial charge on any atom is -0.339 e. The first-order valence-electron chi connectivity index (χ1n) is 7.88. The number of rotatable bonds is 4. The van der Waals surface area contributed by atoms with Crippen LogP contribution in [0, 0.1) is 0 Å². The molecule has 2 rings (SSSR count). The fraction of sp³-hybridized carbons (Fsp3) is 0.933. The molecule has 19 heavy (non-hydrogen) atoms. The summed E-state index contributed by atoms with van der Waals surface area (Å²) in [5.74, 6) is 0.311. The van der Waals surface area contributed by atoms with Crippen LogP contribution in [-0.4, -0.2) is 61.0 Å². The van der Waals surface area contributed by atoms with Crippen molar-refractivity contribution in [1.29, 1.82) is 0 Å². The highest BCUT2D eigenvalue weighted by atomic mass is 16.2. The van der Waals surface area contributed by atoms with Gasteiger partial charge in [0.25, 0.3) is 0 Å². The molecule has 0 spiro atoms. The second-order valence-corrected chi connectivity index (χ2v) is 6.28. The number of hydrogen-bond donors (Lipinski definition) is 1. The molecule has 0 saturated carbocycles. The van der Waals surface area contributed by atoms with Gasteiger partial charge in [-0.2, -0.15) is 0 Å². The highest BCUT2D eigenvalue weighted by Crippen LogP contribution is 2.16. The number of nitrogens with zero attached hydrogens (tertiary/aromatic N) is 2. The van der Waals surface area contributed by atoms with Crippen LogP contribution in [0.15, 0.2) is 0 Å². The summed E-state index contributed by atoms with van der Waals surface area (Å²) in [4.78, 5) is 16.6. The number of hydrogen-bond acceptors (Lipinski definition) is 3. The van der Waals surface area contributed by atoms with E-state index in [1.165, 1.54) is 38.5 Å². The Hall–Kier alpha value is -0.610. The third-order valence-electron chi connectivity index (χ3n) is 4.47. The lowest BCUT2D eigenvalue weighted by atomic mass is 10.0. The number of piperidine rings is 2. The molecule has 2 aliphatic heterocycles. The number of amides is 1. The Morgan fingerprint density at radius 2 is 2.05 bits per heavy atom. The van der Waals surface area contributed by atoms with E-state index in [1.54, 1.807) is 0 Å². The maximum Gasteiger partial charge on any atom is 0.236 e. The summed E-state index contributed by atoms with van der Waals surface area (Å²) in [6, 6.07) is 1.01. The SMILES string of the molecule is CC1CCCCN1C(=O)CN(C)CC1CCCCN1. The van der Waals surface area contributed by atoms with Crippen LogP contribution < -0.4 is 5.32 Å². The number of carbonyl (C=O) groups is 1. The van der Waals surface area contributed by atoms with E-state index in [0.717, 1.165) is 19.6 Å². The Morgan fingerprint density at radius 3 is 2.74 bits per heavy atom. The van der Waals surface area contributed by atoms with Gasteiger partial charge in [0.2, 0.25) is 5.91 Å². The lowest BCUT2D eigenvalue weighted by Crippen LogP contribution is -2.49. The van der Waals surface area contributed by atoms with Crippen molar-refractivity contribution >= 4 is 5.91 Å². The molecule has 2 unspecified atom stereocenters. The predicted molar refractivity (Wildman–Crippen MR) is 78.2 cm³/mol. The van der Waals surface area contributed by atoms with Crippen LogP contribution in [0.3, 0.4) is 0 Å². The summed E-state index contributed by atoms with van der Waals surface area (Å²) in [5.41, 5.74) is 0. The van der Waals surface area contributed by atoms with Crippen molar-refractivity contribution in [3.63, 3.8) is 0 Å². The molecule has 2 heterocycles. The summed E-state index contributed by atoms with van der Waals surface area (Å²) in [7, 11) is 2.07. The van der Waals surface area contributed by atoms with Gasteiger partial charge in [0.05, 0.1) is 6.54 Å². The van der Waals surface area contributed by atoms with Crippen molar-refractivity contribution in [1.82, 2.24) is 15.1 Å². The standard InChI is InChI=1S/C15H29N3O/c1-13-7-4-6-10-18(13)15(19)12-17(2)11-14-8-3-5-9-16-14/h13-14,16H,3-12H2,1-2H3. The molecule has 0 aromatic carbocycles. The number of likely N-dealkylation sites (tertiary alicyclic amines) is 1. The van der Waals surface area contributed by atoms with Gasteiger partial charge in [-0.05, 0) is 52.6 Å². The quantitative estimate of drug-likeness (QED) is 0.837. The van der Waals surface area contributed by atoms with Gasteiger partial charge < -0.3 is 10.2 Å². The molecule has 2 saturated heterocycles. The molecule has 2 fully saturated rings. The molecule has 0 bridgehead atoms. The van der Waals surface area contributed by atoms with E-state index in [0.29, 0.717) is 24.5 Å². The number of carbonyl (C=O) groups excluding carboxylic acids is 1. The van der Waals surface area contributed by atoms with Crippen molar-refractivity contribution in [3.8, 4) is 0 Å². The second-order valence-electron chi connectivity index (χ2n) is 6.28. The Balaban J connectivity index is 1.74. The van der Waals surface area contributed by atoms with Gasteiger partial charge >= 0.3 is 0 Å². The Bertz CT molecular complexity index is 289. The zero-order chi connectivity index (χ0) is 13.7. The third-order valence-corrected chi connectivity index (χ3v) is 4.47. The summed E-state index contributed by atoms with van der Waals surface area (Å²) < 4.78 is 0. The average Bonchev–Trinajstić information content (AvgIpc) is 2.40. The average molecular weight is 267 g/mol. The predicted octanol–water partition coefficient (Wildman–Crippen LogP) is 1.46. The van der Waals surface area contributed by atoms with Gasteiger partial charge in [0.1, 0.15) is 0 Å². The van der Waals surface area contributed by atoms with Crippen LogP contribution in [0.2, 0.25) is 0 Å². The minimum atomic E-state index is 0.311. The van der Waals surface area contributed by atoms with E-state index in [9.17, 15) is 4.79 Å². The van der Waals surface area contributed by atoms with Crippen molar-refractivity contribution in [2.75, 3.05) is 33.2 Å². The van der Waals surface area contributed by atoms with Gasteiger partial charge in [0.15, 0.2) is 0 Å². The molecule has 0 radical (unpaired) electrons. The third kappa shape index (κ3) is 4.46. The van der Waals surface area contributed by atoms with E-state index in [4.69, 9.17) is 0 Å². The molecule has 1 amide bonds. The zero-order valence-corrected chi connectivity index (χ0v) is 12.5. The Morgan fingerprint density at radius 1 is 1.26 bits per heavy atom. The fourth-order valence-corrected chi connectivity index (χ4v) is 3.31. The van der Waals surface area contributed by atoms with Crippen LogP contribution in [0.25, 0.3) is 0 Å². The molecule has 0 aromatic rings. The monoisotopic (exact) mass is 267 g/mol. The molecule has 0 aliphatic carbocycles. The topological polar surface area (TPSA) is 35.6 Å². The normalized spacial score (nSPS) is 28.7. The Labute approximate surface area is 117 Å². The van der Waals surface area contributed by atoms with Crippen LogP contribution in [0.1, 0.15) is 45.4 Å². The number of nitrogens with one attached hydrogen (secondary N) is 1. The first-order valence-corrected chi connectivity index (χ1v) is 7.88. The fourth-order valence-electron chi connectivity index (χ4n) is 3.31. The van der Waals surface area contributed by atoms with Gasteiger partial charge in [-0.25, -0.2) is 0 Å². The van der Waals surface area contributed by atoms with Gasteiger partial charge in [-0.3, -0.25) is 9.69 Å². The van der Waals surface area contributed by atoms with Crippen LogP contribution in [0.5, 0.6) is 0 Å².